The number of anilines is 1. The number of nitrogens with one attached hydrogen (secondary N) is 1. The number of thioether (sulfide) groups is 1. The van der Waals surface area contributed by atoms with Crippen molar-refractivity contribution in [1.82, 2.24) is 4.98 Å². The summed E-state index contributed by atoms with van der Waals surface area (Å²) in [6.45, 7) is 2.16. The number of halogens is 2. The highest BCUT2D eigenvalue weighted by Gasteiger charge is 2.08. The molecule has 1 aromatic heterocycles. The first-order valence-corrected chi connectivity index (χ1v) is 6.59. The van der Waals surface area contributed by atoms with Gasteiger partial charge in [0.1, 0.15) is 10.8 Å². The van der Waals surface area contributed by atoms with Crippen molar-refractivity contribution in [3.63, 3.8) is 0 Å². The molecular weight excluding hydrogens is 251 g/mol. The molecule has 84 valence electrons. The van der Waals surface area contributed by atoms with Crippen LogP contribution in [0.3, 0.4) is 0 Å². The molecule has 1 N–H and O–H groups in total. The van der Waals surface area contributed by atoms with Crippen molar-refractivity contribution in [3.8, 4) is 0 Å². The lowest BCUT2D eigenvalue weighted by Crippen LogP contribution is -1.95. The molecule has 15 heavy (non-hydrogen) atoms. The summed E-state index contributed by atoms with van der Waals surface area (Å²) in [6, 6.07) is 1.73. The summed E-state index contributed by atoms with van der Waals surface area (Å²) in [5, 5.41) is 4.97. The molecule has 0 fully saturated rings. The second kappa shape index (κ2) is 6.46. The van der Waals surface area contributed by atoms with Crippen LogP contribution in [-0.4, -0.2) is 17.8 Å². The predicted molar refractivity (Wildman–Crippen MR) is 69.4 cm³/mol. The zero-order chi connectivity index (χ0) is 11.3. The molecule has 0 saturated heterocycles. The average Bonchev–Trinajstić information content (AvgIpc) is 2.21. The Labute approximate surface area is 105 Å². The summed E-state index contributed by atoms with van der Waals surface area (Å²) in [6.07, 6.45) is 2.34. The van der Waals surface area contributed by atoms with Crippen molar-refractivity contribution < 1.29 is 0 Å². The molecule has 0 atom stereocenters. The van der Waals surface area contributed by atoms with Crippen molar-refractivity contribution in [2.45, 2.75) is 24.8 Å². The number of unbranched alkanes of at least 4 members (excludes halogenated alkanes) is 1. The number of hydrogen-bond acceptors (Lipinski definition) is 3. The molecular formula is C10H14Cl2N2S. The summed E-state index contributed by atoms with van der Waals surface area (Å²) in [5.74, 6) is 1.72. The van der Waals surface area contributed by atoms with Gasteiger partial charge in [0.15, 0.2) is 0 Å². The Kier molecular flexibility index (Phi) is 5.58. The van der Waals surface area contributed by atoms with Crippen LogP contribution in [0, 0.1) is 0 Å². The number of aromatic nitrogens is 1. The largest absolute Gasteiger partial charge is 0.372 e. The highest BCUT2D eigenvalue weighted by atomic mass is 35.5. The van der Waals surface area contributed by atoms with E-state index >= 15 is 0 Å². The fourth-order valence-corrected chi connectivity index (χ4v) is 2.64. The van der Waals surface area contributed by atoms with Gasteiger partial charge in [0.25, 0.3) is 0 Å². The molecule has 1 aromatic rings. The molecule has 0 saturated carbocycles. The summed E-state index contributed by atoms with van der Waals surface area (Å²) < 4.78 is 0. The Morgan fingerprint density at radius 2 is 2.13 bits per heavy atom. The van der Waals surface area contributed by atoms with Gasteiger partial charge in [-0.05, 0) is 18.2 Å². The maximum Gasteiger partial charge on any atom is 0.145 e. The number of rotatable bonds is 5. The predicted octanol–water partition coefficient (Wildman–Crippen LogP) is 4.32. The van der Waals surface area contributed by atoms with Crippen LogP contribution >= 0.6 is 35.0 Å². The maximum atomic E-state index is 6.04. The van der Waals surface area contributed by atoms with Gasteiger partial charge in [0.2, 0.25) is 0 Å². The normalized spacial score (nSPS) is 10.4. The van der Waals surface area contributed by atoms with Crippen LogP contribution in [-0.2, 0) is 0 Å². The second-order valence-corrected chi connectivity index (χ2v) is 4.96. The van der Waals surface area contributed by atoms with Crippen LogP contribution in [0.4, 0.5) is 5.82 Å². The minimum atomic E-state index is 0.558. The highest BCUT2D eigenvalue weighted by molar-refractivity contribution is 7.99. The number of hydrogen-bond donors (Lipinski definition) is 1. The monoisotopic (exact) mass is 264 g/mol. The van der Waals surface area contributed by atoms with E-state index in [2.05, 4.69) is 17.2 Å². The SMILES string of the molecule is CCCCSc1nc(NC)c(Cl)cc1Cl. The summed E-state index contributed by atoms with van der Waals surface area (Å²) >= 11 is 13.7. The lowest BCUT2D eigenvalue weighted by molar-refractivity contribution is 0.894. The van der Waals surface area contributed by atoms with Gasteiger partial charge >= 0.3 is 0 Å². The third-order valence-corrected chi connectivity index (χ3v) is 3.64. The van der Waals surface area contributed by atoms with E-state index in [4.69, 9.17) is 23.2 Å². The zero-order valence-electron chi connectivity index (χ0n) is 8.81. The maximum absolute atomic E-state index is 6.04. The van der Waals surface area contributed by atoms with Crippen LogP contribution < -0.4 is 5.32 Å². The van der Waals surface area contributed by atoms with Gasteiger partial charge in [0.05, 0.1) is 10.0 Å². The Morgan fingerprint density at radius 3 is 2.73 bits per heavy atom. The van der Waals surface area contributed by atoms with Crippen LogP contribution in [0.25, 0.3) is 0 Å². The van der Waals surface area contributed by atoms with Crippen molar-refractivity contribution in [3.05, 3.63) is 16.1 Å². The number of nitrogens with zero attached hydrogens (tertiary/aromatic N) is 1. The molecule has 0 radical (unpaired) electrons. The van der Waals surface area contributed by atoms with Gasteiger partial charge in [0, 0.05) is 7.05 Å². The fourth-order valence-electron chi connectivity index (χ4n) is 1.04. The van der Waals surface area contributed by atoms with E-state index in [9.17, 15) is 0 Å². The molecule has 1 rings (SSSR count). The molecule has 0 aliphatic rings. The van der Waals surface area contributed by atoms with Crippen LogP contribution in [0.5, 0.6) is 0 Å². The smallest absolute Gasteiger partial charge is 0.145 e. The summed E-state index contributed by atoms with van der Waals surface area (Å²) in [4.78, 5) is 4.35. The topological polar surface area (TPSA) is 24.9 Å². The minimum absolute atomic E-state index is 0.558. The quantitative estimate of drug-likeness (QED) is 0.633. The molecule has 2 nitrogen and oxygen atoms in total. The highest BCUT2D eigenvalue weighted by Crippen LogP contribution is 2.31. The fraction of sp³-hybridized carbons (Fsp3) is 0.500. The van der Waals surface area contributed by atoms with E-state index in [0.29, 0.717) is 15.9 Å². The summed E-state index contributed by atoms with van der Waals surface area (Å²) in [7, 11) is 1.79. The van der Waals surface area contributed by atoms with E-state index in [1.54, 1.807) is 24.9 Å². The van der Waals surface area contributed by atoms with Crippen molar-refractivity contribution >= 4 is 40.8 Å². The zero-order valence-corrected chi connectivity index (χ0v) is 11.1. The van der Waals surface area contributed by atoms with Crippen LogP contribution in [0.15, 0.2) is 11.1 Å². The molecule has 0 bridgehead atoms. The van der Waals surface area contributed by atoms with Gasteiger partial charge in [-0.1, -0.05) is 36.5 Å². The van der Waals surface area contributed by atoms with E-state index in [0.717, 1.165) is 10.8 Å². The van der Waals surface area contributed by atoms with E-state index < -0.39 is 0 Å². The minimum Gasteiger partial charge on any atom is -0.372 e. The Balaban J connectivity index is 2.78. The third-order valence-electron chi connectivity index (χ3n) is 1.87. The Hall–Kier alpha value is -0.120. The third kappa shape index (κ3) is 3.74. The molecule has 0 spiro atoms. The number of pyridine rings is 1. The molecule has 1 heterocycles. The van der Waals surface area contributed by atoms with Crippen molar-refractivity contribution in [2.24, 2.45) is 0 Å². The molecule has 0 unspecified atom stereocenters. The van der Waals surface area contributed by atoms with E-state index in [-0.39, 0.29) is 0 Å². The molecule has 5 heteroatoms. The molecule has 0 aliphatic heterocycles. The first kappa shape index (κ1) is 12.9. The van der Waals surface area contributed by atoms with Gasteiger partial charge in [-0.3, -0.25) is 0 Å². The average molecular weight is 265 g/mol. The van der Waals surface area contributed by atoms with E-state index in [1.165, 1.54) is 12.8 Å². The molecule has 0 aromatic carbocycles. The van der Waals surface area contributed by atoms with Gasteiger partial charge in [-0.2, -0.15) is 0 Å². The molecule has 0 aliphatic carbocycles. The van der Waals surface area contributed by atoms with E-state index in [1.807, 2.05) is 0 Å². The van der Waals surface area contributed by atoms with Gasteiger partial charge in [-0.25, -0.2) is 4.98 Å². The lowest BCUT2D eigenvalue weighted by atomic mass is 10.4. The molecule has 0 amide bonds. The standard InChI is InChI=1S/C10H14Cl2N2S/c1-3-4-5-15-10-8(12)6-7(11)9(13-2)14-10/h6H,3-5H2,1-2H3,(H,13,14). The Morgan fingerprint density at radius 1 is 1.40 bits per heavy atom. The first-order valence-electron chi connectivity index (χ1n) is 4.85. The Bertz CT molecular complexity index is 331. The van der Waals surface area contributed by atoms with Gasteiger partial charge < -0.3 is 5.32 Å². The van der Waals surface area contributed by atoms with Gasteiger partial charge in [-0.15, -0.1) is 11.8 Å². The van der Waals surface area contributed by atoms with Crippen LogP contribution in [0.1, 0.15) is 19.8 Å². The van der Waals surface area contributed by atoms with Crippen molar-refractivity contribution in [1.29, 1.82) is 0 Å². The lowest BCUT2D eigenvalue weighted by Gasteiger charge is -2.07. The first-order chi connectivity index (χ1) is 7.19. The van der Waals surface area contributed by atoms with Crippen LogP contribution in [0.2, 0.25) is 10.0 Å². The van der Waals surface area contributed by atoms with Crippen molar-refractivity contribution in [2.75, 3.05) is 18.1 Å². The summed E-state index contributed by atoms with van der Waals surface area (Å²) in [5.41, 5.74) is 0. The second-order valence-electron chi connectivity index (χ2n) is 3.06.